The highest BCUT2D eigenvalue weighted by atomic mass is 19.1. The molecule has 0 aromatic heterocycles. The van der Waals surface area contributed by atoms with Crippen molar-refractivity contribution in [3.8, 4) is 0 Å². The van der Waals surface area contributed by atoms with Crippen LogP contribution in [0.1, 0.15) is 19.3 Å². The van der Waals surface area contributed by atoms with Gasteiger partial charge in [-0.3, -0.25) is 4.79 Å². The Kier molecular flexibility index (Phi) is 3.74. The molecule has 1 saturated heterocycles. The first-order valence-corrected chi connectivity index (χ1v) is 5.95. The molecule has 1 aromatic carbocycles. The lowest BCUT2D eigenvalue weighted by molar-refractivity contribution is -0.120. The molecule has 1 heterocycles. The van der Waals surface area contributed by atoms with Gasteiger partial charge in [-0.1, -0.05) is 6.42 Å². The van der Waals surface area contributed by atoms with E-state index in [9.17, 15) is 9.18 Å². The van der Waals surface area contributed by atoms with E-state index in [0.717, 1.165) is 31.5 Å². The summed E-state index contributed by atoms with van der Waals surface area (Å²) >= 11 is 0. The Morgan fingerprint density at radius 2 is 2.06 bits per heavy atom. The van der Waals surface area contributed by atoms with Gasteiger partial charge in [-0.05, 0) is 43.7 Å². The number of carbonyl (C=O) groups excluding carboxylic acids is 1. The maximum Gasteiger partial charge on any atom is 0.243 e. The maximum atomic E-state index is 12.8. The quantitative estimate of drug-likeness (QED) is 0.851. The van der Waals surface area contributed by atoms with E-state index < -0.39 is 0 Å². The highest BCUT2D eigenvalue weighted by Crippen LogP contribution is 2.16. The predicted octanol–water partition coefficient (Wildman–Crippen LogP) is 1.93. The molecule has 17 heavy (non-hydrogen) atoms. The van der Waals surface area contributed by atoms with E-state index in [-0.39, 0.29) is 17.8 Å². The molecule has 1 aliphatic rings. The largest absolute Gasteiger partial charge is 0.314 e. The van der Waals surface area contributed by atoms with Crippen molar-refractivity contribution in [1.29, 1.82) is 0 Å². The summed E-state index contributed by atoms with van der Waals surface area (Å²) in [6.07, 6.45) is 3.09. The van der Waals surface area contributed by atoms with Gasteiger partial charge in [-0.25, -0.2) is 4.39 Å². The third-order valence-electron chi connectivity index (χ3n) is 3.15. The number of amides is 1. The lowest BCUT2D eigenvalue weighted by atomic mass is 10.0. The van der Waals surface area contributed by atoms with Crippen LogP contribution in [0.4, 0.5) is 10.1 Å². The third kappa shape index (κ3) is 2.82. The highest BCUT2D eigenvalue weighted by Gasteiger charge is 2.24. The van der Waals surface area contributed by atoms with E-state index in [2.05, 4.69) is 5.32 Å². The highest BCUT2D eigenvalue weighted by molar-refractivity contribution is 5.96. The first kappa shape index (κ1) is 12.0. The molecule has 3 nitrogen and oxygen atoms in total. The summed E-state index contributed by atoms with van der Waals surface area (Å²) in [4.78, 5) is 13.7. The lowest BCUT2D eigenvalue weighted by Gasteiger charge is -2.27. The van der Waals surface area contributed by atoms with Crippen LogP contribution in [-0.4, -0.2) is 25.5 Å². The lowest BCUT2D eigenvalue weighted by Crippen LogP contribution is -2.47. The fraction of sp³-hybridized carbons (Fsp3) is 0.462. The van der Waals surface area contributed by atoms with E-state index in [0.29, 0.717) is 0 Å². The van der Waals surface area contributed by atoms with Crippen molar-refractivity contribution in [3.05, 3.63) is 30.1 Å². The number of likely N-dealkylation sites (N-methyl/N-ethyl adjacent to an activating group) is 1. The summed E-state index contributed by atoms with van der Waals surface area (Å²) in [6.45, 7) is 0.896. The first-order valence-electron chi connectivity index (χ1n) is 5.95. The number of rotatable bonds is 2. The van der Waals surface area contributed by atoms with Crippen LogP contribution in [0.3, 0.4) is 0 Å². The van der Waals surface area contributed by atoms with E-state index in [4.69, 9.17) is 0 Å². The van der Waals surface area contributed by atoms with Crippen molar-refractivity contribution in [3.63, 3.8) is 0 Å². The van der Waals surface area contributed by atoms with Crippen LogP contribution in [0.5, 0.6) is 0 Å². The molecule has 2 rings (SSSR count). The van der Waals surface area contributed by atoms with E-state index >= 15 is 0 Å². The number of piperidine rings is 1. The molecule has 0 spiro atoms. The zero-order valence-corrected chi connectivity index (χ0v) is 9.95. The molecule has 1 N–H and O–H groups in total. The van der Waals surface area contributed by atoms with Gasteiger partial charge in [-0.15, -0.1) is 0 Å². The second-order valence-electron chi connectivity index (χ2n) is 4.38. The van der Waals surface area contributed by atoms with Crippen molar-refractivity contribution in [1.82, 2.24) is 5.32 Å². The minimum atomic E-state index is -0.287. The summed E-state index contributed by atoms with van der Waals surface area (Å²) in [5, 5.41) is 3.22. The first-order chi connectivity index (χ1) is 8.18. The van der Waals surface area contributed by atoms with Crippen LogP contribution in [0.2, 0.25) is 0 Å². The Morgan fingerprint density at radius 3 is 2.65 bits per heavy atom. The van der Waals surface area contributed by atoms with Gasteiger partial charge in [0.05, 0.1) is 6.04 Å². The third-order valence-corrected chi connectivity index (χ3v) is 3.15. The topological polar surface area (TPSA) is 32.3 Å². The molecule has 4 heteroatoms. The molecule has 1 fully saturated rings. The van der Waals surface area contributed by atoms with Gasteiger partial charge in [-0.2, -0.15) is 0 Å². The van der Waals surface area contributed by atoms with Gasteiger partial charge in [0.2, 0.25) is 5.91 Å². The van der Waals surface area contributed by atoms with Gasteiger partial charge in [0, 0.05) is 12.7 Å². The van der Waals surface area contributed by atoms with E-state index in [1.807, 2.05) is 0 Å². The number of hydrogen-bond donors (Lipinski definition) is 1. The molecule has 1 aromatic rings. The summed E-state index contributed by atoms with van der Waals surface area (Å²) in [6, 6.07) is 5.88. The molecule has 0 saturated carbocycles. The van der Waals surface area contributed by atoms with Crippen molar-refractivity contribution < 1.29 is 9.18 Å². The molecule has 0 aliphatic carbocycles. The summed E-state index contributed by atoms with van der Waals surface area (Å²) in [5.74, 6) is -0.235. The molecule has 0 unspecified atom stereocenters. The smallest absolute Gasteiger partial charge is 0.243 e. The van der Waals surface area contributed by atoms with Gasteiger partial charge < -0.3 is 10.2 Å². The number of anilines is 1. The van der Waals surface area contributed by atoms with Crippen molar-refractivity contribution in [2.45, 2.75) is 25.3 Å². The number of hydrogen-bond acceptors (Lipinski definition) is 2. The SMILES string of the molecule is CN(C(=O)[C@@H]1CCCCN1)c1ccc(F)cc1. The summed E-state index contributed by atoms with van der Waals surface area (Å²) in [5.41, 5.74) is 0.726. The Hall–Kier alpha value is -1.42. The average molecular weight is 236 g/mol. The van der Waals surface area contributed by atoms with Gasteiger partial charge in [0.15, 0.2) is 0 Å². The van der Waals surface area contributed by atoms with Gasteiger partial charge >= 0.3 is 0 Å². The van der Waals surface area contributed by atoms with E-state index in [1.54, 1.807) is 24.1 Å². The zero-order valence-electron chi connectivity index (χ0n) is 9.95. The van der Waals surface area contributed by atoms with Crippen molar-refractivity contribution >= 4 is 11.6 Å². The monoisotopic (exact) mass is 236 g/mol. The van der Waals surface area contributed by atoms with Crippen LogP contribution in [0.25, 0.3) is 0 Å². The van der Waals surface area contributed by atoms with Crippen LogP contribution in [0, 0.1) is 5.82 Å². The number of nitrogens with one attached hydrogen (secondary N) is 1. The summed E-state index contributed by atoms with van der Waals surface area (Å²) < 4.78 is 12.8. The molecular weight excluding hydrogens is 219 g/mol. The Balaban J connectivity index is 2.05. The minimum absolute atomic E-state index is 0.0521. The van der Waals surface area contributed by atoms with Crippen LogP contribution in [0.15, 0.2) is 24.3 Å². The molecule has 92 valence electrons. The van der Waals surface area contributed by atoms with Gasteiger partial charge in [0.25, 0.3) is 0 Å². The van der Waals surface area contributed by atoms with Crippen LogP contribution < -0.4 is 10.2 Å². The summed E-state index contributed by atoms with van der Waals surface area (Å²) in [7, 11) is 1.73. The van der Waals surface area contributed by atoms with E-state index in [1.165, 1.54) is 12.1 Å². The van der Waals surface area contributed by atoms with Crippen LogP contribution in [-0.2, 0) is 4.79 Å². The molecule has 1 amide bonds. The number of benzene rings is 1. The minimum Gasteiger partial charge on any atom is -0.314 e. The number of halogens is 1. The Bertz CT molecular complexity index is 385. The van der Waals surface area contributed by atoms with Crippen LogP contribution >= 0.6 is 0 Å². The Labute approximate surface area is 101 Å². The second kappa shape index (κ2) is 5.27. The molecule has 0 radical (unpaired) electrons. The number of nitrogens with zero attached hydrogens (tertiary/aromatic N) is 1. The fourth-order valence-corrected chi connectivity index (χ4v) is 2.09. The number of carbonyl (C=O) groups is 1. The average Bonchev–Trinajstić information content (AvgIpc) is 2.39. The van der Waals surface area contributed by atoms with Crippen molar-refractivity contribution in [2.75, 3.05) is 18.5 Å². The predicted molar refractivity (Wildman–Crippen MR) is 65.5 cm³/mol. The van der Waals surface area contributed by atoms with Crippen molar-refractivity contribution in [2.24, 2.45) is 0 Å². The zero-order chi connectivity index (χ0) is 12.3. The second-order valence-corrected chi connectivity index (χ2v) is 4.38. The van der Waals surface area contributed by atoms with Gasteiger partial charge in [0.1, 0.15) is 5.82 Å². The fourth-order valence-electron chi connectivity index (χ4n) is 2.09. The Morgan fingerprint density at radius 1 is 1.35 bits per heavy atom. The molecule has 1 atom stereocenters. The molecule has 1 aliphatic heterocycles. The normalized spacial score (nSPS) is 20.0. The molecular formula is C13H17FN2O. The molecule has 0 bridgehead atoms. The maximum absolute atomic E-state index is 12.8. The standard InChI is InChI=1S/C13H17FN2O/c1-16(11-7-5-10(14)6-8-11)13(17)12-4-2-3-9-15-12/h5-8,12,15H,2-4,9H2,1H3/t12-/m0/s1.